The fraction of sp³-hybridized carbons (Fsp3) is 0.923. The summed E-state index contributed by atoms with van der Waals surface area (Å²) in [4.78, 5) is 12.3. The van der Waals surface area contributed by atoms with Gasteiger partial charge in [-0.2, -0.15) is 0 Å². The van der Waals surface area contributed by atoms with Gasteiger partial charge in [-0.25, -0.2) is 0 Å². The molecule has 0 bridgehead atoms. The molecule has 4 heteroatoms. The normalized spacial score (nSPS) is 26.9. The van der Waals surface area contributed by atoms with Crippen LogP contribution in [0.15, 0.2) is 0 Å². The highest BCUT2D eigenvalue weighted by molar-refractivity contribution is 5.82. The van der Waals surface area contributed by atoms with Crippen molar-refractivity contribution >= 4 is 5.91 Å². The Bertz CT molecular complexity index is 248. The molecule has 1 amide bonds. The largest absolute Gasteiger partial charge is 0.383 e. The van der Waals surface area contributed by atoms with Crippen LogP contribution < -0.4 is 10.6 Å². The van der Waals surface area contributed by atoms with E-state index in [-0.39, 0.29) is 17.4 Å². The molecule has 0 aromatic rings. The molecule has 1 rings (SSSR count). The van der Waals surface area contributed by atoms with E-state index in [1.165, 1.54) is 0 Å². The highest BCUT2D eigenvalue weighted by Gasteiger charge is 2.35. The van der Waals surface area contributed by atoms with E-state index >= 15 is 0 Å². The van der Waals surface area contributed by atoms with Gasteiger partial charge < -0.3 is 15.4 Å². The zero-order chi connectivity index (χ0) is 12.9. The van der Waals surface area contributed by atoms with Crippen LogP contribution in [0.1, 0.15) is 33.6 Å². The Hall–Kier alpha value is -0.610. The summed E-state index contributed by atoms with van der Waals surface area (Å²) in [5, 5.41) is 6.42. The predicted molar refractivity (Wildman–Crippen MR) is 68.9 cm³/mol. The number of piperidine rings is 1. The number of carbonyl (C=O) groups excluding carboxylic acids is 1. The van der Waals surface area contributed by atoms with Crippen molar-refractivity contribution in [3.63, 3.8) is 0 Å². The molecular formula is C13H26N2O2. The summed E-state index contributed by atoms with van der Waals surface area (Å²) >= 11 is 0. The van der Waals surface area contributed by atoms with Crippen molar-refractivity contribution in [2.75, 3.05) is 26.8 Å². The lowest BCUT2D eigenvalue weighted by Gasteiger charge is -2.35. The van der Waals surface area contributed by atoms with Crippen molar-refractivity contribution < 1.29 is 9.53 Å². The second-order valence-corrected chi connectivity index (χ2v) is 5.62. The highest BCUT2D eigenvalue weighted by Crippen LogP contribution is 2.25. The molecule has 2 atom stereocenters. The van der Waals surface area contributed by atoms with Crippen molar-refractivity contribution in [1.29, 1.82) is 0 Å². The quantitative estimate of drug-likeness (QED) is 0.761. The second-order valence-electron chi connectivity index (χ2n) is 5.62. The molecule has 0 aliphatic carbocycles. The molecule has 0 aromatic heterocycles. The van der Waals surface area contributed by atoms with Crippen LogP contribution in [0.4, 0.5) is 0 Å². The van der Waals surface area contributed by atoms with E-state index < -0.39 is 0 Å². The fourth-order valence-electron chi connectivity index (χ4n) is 2.17. The summed E-state index contributed by atoms with van der Waals surface area (Å²) in [7, 11) is 1.67. The zero-order valence-electron chi connectivity index (χ0n) is 11.5. The molecule has 17 heavy (non-hydrogen) atoms. The van der Waals surface area contributed by atoms with E-state index in [1.54, 1.807) is 7.11 Å². The molecule has 2 N–H and O–H groups in total. The Kier molecular flexibility index (Phi) is 5.40. The Balaban J connectivity index is 2.56. The third-order valence-electron chi connectivity index (χ3n) is 3.61. The van der Waals surface area contributed by atoms with Crippen LogP contribution in [-0.2, 0) is 9.53 Å². The summed E-state index contributed by atoms with van der Waals surface area (Å²) < 4.78 is 5.16. The van der Waals surface area contributed by atoms with Gasteiger partial charge in [0.1, 0.15) is 0 Å². The average molecular weight is 242 g/mol. The third kappa shape index (κ3) is 3.96. The van der Waals surface area contributed by atoms with Crippen LogP contribution in [-0.4, -0.2) is 38.8 Å². The molecular weight excluding hydrogens is 216 g/mol. The number of methoxy groups -OCH3 is 1. The maximum Gasteiger partial charge on any atom is 0.227 e. The lowest BCUT2D eigenvalue weighted by atomic mass is 9.81. The van der Waals surface area contributed by atoms with Crippen molar-refractivity contribution in [1.82, 2.24) is 10.6 Å². The minimum Gasteiger partial charge on any atom is -0.383 e. The molecule has 2 unspecified atom stereocenters. The van der Waals surface area contributed by atoms with E-state index in [0.717, 1.165) is 25.9 Å². The predicted octanol–water partition coefficient (Wildman–Crippen LogP) is 1.16. The van der Waals surface area contributed by atoms with Crippen molar-refractivity contribution in [2.45, 2.75) is 39.7 Å². The molecule has 0 aromatic carbocycles. The Morgan fingerprint density at radius 3 is 2.71 bits per heavy atom. The van der Waals surface area contributed by atoms with Crippen LogP contribution in [0.25, 0.3) is 0 Å². The van der Waals surface area contributed by atoms with E-state index in [1.807, 2.05) is 6.92 Å². The van der Waals surface area contributed by atoms with Crippen LogP contribution in [0, 0.1) is 11.3 Å². The SMILES string of the molecule is COCC(NC(=O)C1(C)CCCNC1)C(C)C. The summed E-state index contributed by atoms with van der Waals surface area (Å²) in [6.07, 6.45) is 2.03. The van der Waals surface area contributed by atoms with Crippen molar-refractivity contribution in [2.24, 2.45) is 11.3 Å². The van der Waals surface area contributed by atoms with E-state index in [9.17, 15) is 4.79 Å². The fourth-order valence-corrected chi connectivity index (χ4v) is 2.17. The Labute approximate surface area is 104 Å². The smallest absolute Gasteiger partial charge is 0.227 e. The minimum atomic E-state index is -0.265. The maximum atomic E-state index is 12.3. The summed E-state index contributed by atoms with van der Waals surface area (Å²) in [5.74, 6) is 0.541. The van der Waals surface area contributed by atoms with Gasteiger partial charge in [0.2, 0.25) is 5.91 Å². The minimum absolute atomic E-state index is 0.103. The van der Waals surface area contributed by atoms with Gasteiger partial charge in [-0.15, -0.1) is 0 Å². The molecule has 1 aliphatic rings. The van der Waals surface area contributed by atoms with E-state index in [4.69, 9.17) is 4.74 Å². The Morgan fingerprint density at radius 2 is 2.24 bits per heavy atom. The highest BCUT2D eigenvalue weighted by atomic mass is 16.5. The standard InChI is InChI=1S/C13H26N2O2/c1-10(2)11(8-17-4)15-12(16)13(3)6-5-7-14-9-13/h10-11,14H,5-9H2,1-4H3,(H,15,16). The summed E-state index contributed by atoms with van der Waals surface area (Å²) in [6.45, 7) is 8.62. The molecule has 1 heterocycles. The first-order chi connectivity index (χ1) is 7.99. The number of carbonyl (C=O) groups is 1. The second kappa shape index (κ2) is 6.36. The van der Waals surface area contributed by atoms with Crippen molar-refractivity contribution in [3.05, 3.63) is 0 Å². The lowest BCUT2D eigenvalue weighted by Crippen LogP contribution is -2.53. The molecule has 0 spiro atoms. The first-order valence-corrected chi connectivity index (χ1v) is 6.50. The van der Waals surface area contributed by atoms with Gasteiger partial charge in [-0.1, -0.05) is 13.8 Å². The first-order valence-electron chi connectivity index (χ1n) is 6.50. The number of amides is 1. The van der Waals surface area contributed by atoms with E-state index in [2.05, 4.69) is 24.5 Å². The van der Waals surface area contributed by atoms with Crippen molar-refractivity contribution in [3.8, 4) is 0 Å². The van der Waals surface area contributed by atoms with Gasteiger partial charge >= 0.3 is 0 Å². The van der Waals surface area contributed by atoms with Gasteiger partial charge in [0, 0.05) is 13.7 Å². The molecule has 0 radical (unpaired) electrons. The monoisotopic (exact) mass is 242 g/mol. The van der Waals surface area contributed by atoms with Gasteiger partial charge in [0.05, 0.1) is 18.1 Å². The van der Waals surface area contributed by atoms with Gasteiger partial charge in [0.15, 0.2) is 0 Å². The molecule has 4 nitrogen and oxygen atoms in total. The molecule has 1 saturated heterocycles. The first kappa shape index (κ1) is 14.5. The van der Waals surface area contributed by atoms with Crippen LogP contribution in [0.3, 0.4) is 0 Å². The topological polar surface area (TPSA) is 50.4 Å². The maximum absolute atomic E-state index is 12.3. The molecule has 1 aliphatic heterocycles. The van der Waals surface area contributed by atoms with Gasteiger partial charge in [-0.05, 0) is 32.2 Å². The summed E-state index contributed by atoms with van der Waals surface area (Å²) in [6, 6.07) is 0.103. The lowest BCUT2D eigenvalue weighted by molar-refractivity contribution is -0.132. The van der Waals surface area contributed by atoms with Crippen LogP contribution in [0.2, 0.25) is 0 Å². The Morgan fingerprint density at radius 1 is 1.53 bits per heavy atom. The summed E-state index contributed by atoms with van der Waals surface area (Å²) in [5.41, 5.74) is -0.265. The van der Waals surface area contributed by atoms with E-state index in [0.29, 0.717) is 12.5 Å². The van der Waals surface area contributed by atoms with Crippen LogP contribution in [0.5, 0.6) is 0 Å². The van der Waals surface area contributed by atoms with Gasteiger partial charge in [0.25, 0.3) is 0 Å². The molecule has 100 valence electrons. The number of rotatable bonds is 5. The number of ether oxygens (including phenoxy) is 1. The third-order valence-corrected chi connectivity index (χ3v) is 3.61. The number of hydrogen-bond donors (Lipinski definition) is 2. The van der Waals surface area contributed by atoms with Gasteiger partial charge in [-0.3, -0.25) is 4.79 Å². The number of hydrogen-bond acceptors (Lipinski definition) is 3. The molecule has 0 saturated carbocycles. The average Bonchev–Trinajstić information content (AvgIpc) is 2.29. The zero-order valence-corrected chi connectivity index (χ0v) is 11.5. The number of nitrogens with one attached hydrogen (secondary N) is 2. The van der Waals surface area contributed by atoms with Crippen LogP contribution >= 0.6 is 0 Å². The molecule has 1 fully saturated rings.